The quantitative estimate of drug-likeness (QED) is 0.771. The second-order valence-corrected chi connectivity index (χ2v) is 4.53. The van der Waals surface area contributed by atoms with E-state index in [1.807, 2.05) is 13.8 Å². The van der Waals surface area contributed by atoms with Crippen LogP contribution in [0.2, 0.25) is 0 Å². The molecule has 1 rings (SSSR count). The third kappa shape index (κ3) is 3.98. The van der Waals surface area contributed by atoms with Gasteiger partial charge < -0.3 is 10.5 Å². The van der Waals surface area contributed by atoms with Crippen molar-refractivity contribution in [2.75, 3.05) is 7.11 Å². The Morgan fingerprint density at radius 1 is 1.50 bits per heavy atom. The number of carbonyl (C=O) groups is 1. The fraction of sp³-hybridized carbons (Fsp3) is 0.500. The van der Waals surface area contributed by atoms with Gasteiger partial charge in [-0.2, -0.15) is 0 Å². The van der Waals surface area contributed by atoms with Gasteiger partial charge >= 0.3 is 0 Å². The molecule has 1 heterocycles. The molecule has 0 fully saturated rings. The second kappa shape index (κ2) is 5.07. The lowest BCUT2D eigenvalue weighted by atomic mass is 9.96. The zero-order valence-electron chi connectivity index (χ0n) is 9.99. The van der Waals surface area contributed by atoms with E-state index in [1.165, 1.54) is 0 Å². The molecule has 0 unspecified atom stereocenters. The maximum absolute atomic E-state index is 11.8. The van der Waals surface area contributed by atoms with Crippen molar-refractivity contribution in [2.45, 2.75) is 32.2 Å². The molecule has 88 valence electrons. The van der Waals surface area contributed by atoms with Crippen LogP contribution in [-0.2, 0) is 0 Å². The number of ketones is 1. The molecule has 1 aromatic heterocycles. The summed E-state index contributed by atoms with van der Waals surface area (Å²) in [4.78, 5) is 15.8. The van der Waals surface area contributed by atoms with Gasteiger partial charge in [-0.25, -0.2) is 0 Å². The Labute approximate surface area is 95.8 Å². The predicted molar refractivity (Wildman–Crippen MR) is 62.6 cm³/mol. The van der Waals surface area contributed by atoms with Crippen molar-refractivity contribution in [2.24, 2.45) is 5.73 Å². The number of nitrogens with two attached hydrogens (primary N) is 1. The first-order chi connectivity index (χ1) is 7.42. The van der Waals surface area contributed by atoms with Crippen molar-refractivity contribution >= 4 is 5.78 Å². The van der Waals surface area contributed by atoms with E-state index in [0.717, 1.165) is 0 Å². The molecule has 2 N–H and O–H groups in total. The highest BCUT2D eigenvalue weighted by Crippen LogP contribution is 2.15. The molecule has 0 radical (unpaired) electrons. The van der Waals surface area contributed by atoms with Crippen LogP contribution in [0.5, 0.6) is 5.75 Å². The van der Waals surface area contributed by atoms with Crippen molar-refractivity contribution in [3.63, 3.8) is 0 Å². The van der Waals surface area contributed by atoms with Gasteiger partial charge in [-0.1, -0.05) is 0 Å². The summed E-state index contributed by atoms with van der Waals surface area (Å²) in [6.45, 7) is 3.81. The Kier molecular flexibility index (Phi) is 4.01. The predicted octanol–water partition coefficient (Wildman–Crippen LogP) is 1.79. The monoisotopic (exact) mass is 222 g/mol. The van der Waals surface area contributed by atoms with E-state index in [9.17, 15) is 4.79 Å². The molecule has 0 aliphatic rings. The molecule has 4 heteroatoms. The minimum atomic E-state index is -0.318. The SMILES string of the molecule is COc1cncc(C(=O)CCC(C)(C)N)c1. The maximum Gasteiger partial charge on any atom is 0.164 e. The average Bonchev–Trinajstić information content (AvgIpc) is 2.25. The summed E-state index contributed by atoms with van der Waals surface area (Å²) in [7, 11) is 1.55. The van der Waals surface area contributed by atoms with Gasteiger partial charge in [-0.3, -0.25) is 9.78 Å². The van der Waals surface area contributed by atoms with Crippen LogP contribution in [0.25, 0.3) is 0 Å². The van der Waals surface area contributed by atoms with Gasteiger partial charge in [0.05, 0.1) is 13.3 Å². The lowest BCUT2D eigenvalue weighted by molar-refractivity contribution is 0.0972. The fourth-order valence-electron chi connectivity index (χ4n) is 1.26. The molecule has 4 nitrogen and oxygen atoms in total. The Bertz CT molecular complexity index is 370. The van der Waals surface area contributed by atoms with Crippen LogP contribution in [-0.4, -0.2) is 23.4 Å². The molecule has 16 heavy (non-hydrogen) atoms. The van der Waals surface area contributed by atoms with E-state index in [1.54, 1.807) is 25.6 Å². The van der Waals surface area contributed by atoms with Gasteiger partial charge in [0.1, 0.15) is 5.75 Å². The molecule has 0 aliphatic heterocycles. The zero-order valence-corrected chi connectivity index (χ0v) is 9.99. The fourth-order valence-corrected chi connectivity index (χ4v) is 1.26. The molecule has 0 aromatic carbocycles. The molecule has 1 aromatic rings. The van der Waals surface area contributed by atoms with E-state index >= 15 is 0 Å². The Morgan fingerprint density at radius 2 is 2.19 bits per heavy atom. The normalized spacial score (nSPS) is 11.2. The van der Waals surface area contributed by atoms with E-state index in [2.05, 4.69) is 4.98 Å². The van der Waals surface area contributed by atoms with Gasteiger partial charge in [-0.05, 0) is 26.3 Å². The van der Waals surface area contributed by atoms with E-state index in [-0.39, 0.29) is 11.3 Å². The van der Waals surface area contributed by atoms with Crippen molar-refractivity contribution in [1.82, 2.24) is 4.98 Å². The third-order valence-electron chi connectivity index (χ3n) is 2.27. The number of hydrogen-bond donors (Lipinski definition) is 1. The Morgan fingerprint density at radius 3 is 2.75 bits per heavy atom. The number of rotatable bonds is 5. The zero-order chi connectivity index (χ0) is 12.2. The number of Topliss-reactive ketones (excluding diaryl/α,β-unsaturated/α-hetero) is 1. The lowest BCUT2D eigenvalue weighted by Gasteiger charge is -2.17. The van der Waals surface area contributed by atoms with Crippen LogP contribution < -0.4 is 10.5 Å². The number of aromatic nitrogens is 1. The summed E-state index contributed by atoms with van der Waals surface area (Å²) in [6.07, 6.45) is 4.21. The standard InChI is InChI=1S/C12H18N2O2/c1-12(2,13)5-4-11(15)9-6-10(16-3)8-14-7-9/h6-8H,4-5,13H2,1-3H3. The number of methoxy groups -OCH3 is 1. The molecular weight excluding hydrogens is 204 g/mol. The van der Waals surface area contributed by atoms with Gasteiger partial charge in [0.25, 0.3) is 0 Å². The van der Waals surface area contributed by atoms with Crippen LogP contribution in [0.1, 0.15) is 37.0 Å². The molecule has 0 amide bonds. The second-order valence-electron chi connectivity index (χ2n) is 4.53. The topological polar surface area (TPSA) is 65.2 Å². The smallest absolute Gasteiger partial charge is 0.164 e. The van der Waals surface area contributed by atoms with Gasteiger partial charge in [0, 0.05) is 23.7 Å². The minimum Gasteiger partial charge on any atom is -0.495 e. The summed E-state index contributed by atoms with van der Waals surface area (Å²) in [5, 5.41) is 0. The van der Waals surface area contributed by atoms with Crippen molar-refractivity contribution in [3.05, 3.63) is 24.0 Å². The summed E-state index contributed by atoms with van der Waals surface area (Å²) >= 11 is 0. The molecule has 0 saturated carbocycles. The van der Waals surface area contributed by atoms with E-state index < -0.39 is 0 Å². The van der Waals surface area contributed by atoms with Crippen molar-refractivity contribution in [3.8, 4) is 5.75 Å². The van der Waals surface area contributed by atoms with Gasteiger partial charge in [0.15, 0.2) is 5.78 Å². The number of ether oxygens (including phenoxy) is 1. The number of nitrogens with zero attached hydrogens (tertiary/aromatic N) is 1. The lowest BCUT2D eigenvalue weighted by Crippen LogP contribution is -2.32. The first-order valence-corrected chi connectivity index (χ1v) is 5.23. The Balaban J connectivity index is 2.66. The third-order valence-corrected chi connectivity index (χ3v) is 2.27. The molecule has 0 spiro atoms. The maximum atomic E-state index is 11.8. The van der Waals surface area contributed by atoms with Crippen LogP contribution >= 0.6 is 0 Å². The highest BCUT2D eigenvalue weighted by molar-refractivity contribution is 5.96. The van der Waals surface area contributed by atoms with Crippen LogP contribution in [0.3, 0.4) is 0 Å². The highest BCUT2D eigenvalue weighted by atomic mass is 16.5. The van der Waals surface area contributed by atoms with Gasteiger partial charge in [-0.15, -0.1) is 0 Å². The number of hydrogen-bond acceptors (Lipinski definition) is 4. The number of pyridine rings is 1. The molecule has 0 bridgehead atoms. The molecular formula is C12H18N2O2. The first-order valence-electron chi connectivity index (χ1n) is 5.23. The summed E-state index contributed by atoms with van der Waals surface area (Å²) in [5.41, 5.74) is 6.08. The average molecular weight is 222 g/mol. The van der Waals surface area contributed by atoms with Crippen molar-refractivity contribution < 1.29 is 9.53 Å². The summed E-state index contributed by atoms with van der Waals surface area (Å²) in [6, 6.07) is 1.69. The van der Waals surface area contributed by atoms with Crippen LogP contribution in [0.4, 0.5) is 0 Å². The first kappa shape index (κ1) is 12.6. The highest BCUT2D eigenvalue weighted by Gasteiger charge is 2.14. The van der Waals surface area contributed by atoms with Gasteiger partial charge in [0.2, 0.25) is 0 Å². The molecule has 0 saturated heterocycles. The Hall–Kier alpha value is -1.42. The largest absolute Gasteiger partial charge is 0.495 e. The van der Waals surface area contributed by atoms with E-state index in [4.69, 9.17) is 10.5 Å². The molecule has 0 atom stereocenters. The van der Waals surface area contributed by atoms with Crippen molar-refractivity contribution in [1.29, 1.82) is 0 Å². The summed E-state index contributed by atoms with van der Waals surface area (Å²) in [5.74, 6) is 0.641. The van der Waals surface area contributed by atoms with Crippen LogP contribution in [0.15, 0.2) is 18.5 Å². The number of carbonyl (C=O) groups excluding carboxylic acids is 1. The minimum absolute atomic E-state index is 0.0462. The molecule has 0 aliphatic carbocycles. The summed E-state index contributed by atoms with van der Waals surface area (Å²) < 4.78 is 5.01. The van der Waals surface area contributed by atoms with E-state index in [0.29, 0.717) is 24.2 Å². The van der Waals surface area contributed by atoms with Crippen LogP contribution in [0, 0.1) is 0 Å².